The second kappa shape index (κ2) is 8.45. The van der Waals surface area contributed by atoms with E-state index in [1.165, 1.54) is 0 Å². The zero-order chi connectivity index (χ0) is 13.4. The van der Waals surface area contributed by atoms with Crippen LogP contribution in [0.2, 0.25) is 0 Å². The number of nitrogens with zero attached hydrogens (tertiary/aromatic N) is 2. The summed E-state index contributed by atoms with van der Waals surface area (Å²) in [6, 6.07) is 0.325. The standard InChI is InChI=1S/C13H25N3OS/c1-5-14-11(4)12-10-18-13(15-12)16(6-2)8-9-17-7-3/h10-11,14H,5-9H2,1-4H3. The summed E-state index contributed by atoms with van der Waals surface area (Å²) in [5.41, 5.74) is 1.13. The first-order chi connectivity index (χ1) is 8.72. The first kappa shape index (κ1) is 15.4. The smallest absolute Gasteiger partial charge is 0.185 e. The van der Waals surface area contributed by atoms with Crippen molar-refractivity contribution in [2.75, 3.05) is 37.7 Å². The fourth-order valence-electron chi connectivity index (χ4n) is 1.74. The molecule has 0 spiro atoms. The molecule has 0 aliphatic carbocycles. The van der Waals surface area contributed by atoms with E-state index < -0.39 is 0 Å². The molecule has 0 saturated carbocycles. The maximum Gasteiger partial charge on any atom is 0.185 e. The van der Waals surface area contributed by atoms with E-state index in [2.05, 4.69) is 36.4 Å². The van der Waals surface area contributed by atoms with Gasteiger partial charge < -0.3 is 15.0 Å². The van der Waals surface area contributed by atoms with Crippen LogP contribution in [-0.2, 0) is 4.74 Å². The lowest BCUT2D eigenvalue weighted by Crippen LogP contribution is -2.27. The van der Waals surface area contributed by atoms with E-state index >= 15 is 0 Å². The van der Waals surface area contributed by atoms with Gasteiger partial charge in [0.25, 0.3) is 0 Å². The van der Waals surface area contributed by atoms with Gasteiger partial charge in [-0.05, 0) is 27.3 Å². The molecule has 1 heterocycles. The van der Waals surface area contributed by atoms with Crippen LogP contribution < -0.4 is 10.2 Å². The molecular formula is C13H25N3OS. The molecule has 0 fully saturated rings. The van der Waals surface area contributed by atoms with E-state index in [4.69, 9.17) is 9.72 Å². The fourth-order valence-corrected chi connectivity index (χ4v) is 2.75. The highest BCUT2D eigenvalue weighted by Crippen LogP contribution is 2.23. The molecule has 1 N–H and O–H groups in total. The number of rotatable bonds is 9. The quantitative estimate of drug-likeness (QED) is 0.701. The second-order valence-corrected chi connectivity index (χ2v) is 4.95. The zero-order valence-electron chi connectivity index (χ0n) is 11.9. The highest BCUT2D eigenvalue weighted by atomic mass is 32.1. The van der Waals surface area contributed by atoms with Gasteiger partial charge in [0.2, 0.25) is 0 Å². The number of ether oxygens (including phenoxy) is 1. The molecule has 0 bridgehead atoms. The predicted molar refractivity (Wildman–Crippen MR) is 78.6 cm³/mol. The summed E-state index contributed by atoms with van der Waals surface area (Å²) in [5, 5.41) is 6.62. The Morgan fingerprint density at radius 2 is 2.22 bits per heavy atom. The molecule has 0 aliphatic rings. The molecule has 1 aromatic rings. The van der Waals surface area contributed by atoms with Gasteiger partial charge in [0.1, 0.15) is 0 Å². The summed E-state index contributed by atoms with van der Waals surface area (Å²) in [6.07, 6.45) is 0. The molecule has 0 aliphatic heterocycles. The van der Waals surface area contributed by atoms with Crippen molar-refractivity contribution in [1.82, 2.24) is 10.3 Å². The lowest BCUT2D eigenvalue weighted by molar-refractivity contribution is 0.154. The SMILES string of the molecule is CCNC(C)c1csc(N(CC)CCOCC)n1. The molecule has 0 radical (unpaired) electrons. The number of nitrogens with one attached hydrogen (secondary N) is 1. The minimum atomic E-state index is 0.325. The van der Waals surface area contributed by atoms with Crippen LogP contribution in [0.1, 0.15) is 39.4 Å². The third kappa shape index (κ3) is 4.55. The van der Waals surface area contributed by atoms with Crippen molar-refractivity contribution in [2.45, 2.75) is 33.7 Å². The summed E-state index contributed by atoms with van der Waals surface area (Å²) in [7, 11) is 0. The van der Waals surface area contributed by atoms with Crippen molar-refractivity contribution in [3.8, 4) is 0 Å². The monoisotopic (exact) mass is 271 g/mol. The van der Waals surface area contributed by atoms with Crippen LogP contribution in [0.5, 0.6) is 0 Å². The first-order valence-electron chi connectivity index (χ1n) is 6.74. The van der Waals surface area contributed by atoms with Crippen LogP contribution >= 0.6 is 11.3 Å². The summed E-state index contributed by atoms with van der Waals surface area (Å²) < 4.78 is 5.40. The highest BCUT2D eigenvalue weighted by Gasteiger charge is 2.12. The molecule has 0 aromatic carbocycles. The number of hydrogen-bond donors (Lipinski definition) is 1. The predicted octanol–water partition coefficient (Wildman–Crippen LogP) is 2.68. The van der Waals surface area contributed by atoms with Gasteiger partial charge >= 0.3 is 0 Å². The molecule has 1 aromatic heterocycles. The Balaban J connectivity index is 2.58. The Hall–Kier alpha value is -0.650. The largest absolute Gasteiger partial charge is 0.380 e. The molecule has 5 heteroatoms. The van der Waals surface area contributed by atoms with Gasteiger partial charge in [-0.2, -0.15) is 0 Å². The Kier molecular flexibility index (Phi) is 7.23. The van der Waals surface area contributed by atoms with E-state index in [0.717, 1.165) is 43.7 Å². The Morgan fingerprint density at radius 3 is 2.83 bits per heavy atom. The lowest BCUT2D eigenvalue weighted by atomic mass is 10.3. The summed E-state index contributed by atoms with van der Waals surface area (Å²) >= 11 is 1.71. The van der Waals surface area contributed by atoms with Crippen molar-refractivity contribution in [3.05, 3.63) is 11.1 Å². The topological polar surface area (TPSA) is 37.4 Å². The first-order valence-corrected chi connectivity index (χ1v) is 7.62. The van der Waals surface area contributed by atoms with Gasteiger partial charge in [-0.15, -0.1) is 11.3 Å². The molecule has 1 rings (SSSR count). The minimum absolute atomic E-state index is 0.325. The second-order valence-electron chi connectivity index (χ2n) is 4.11. The van der Waals surface area contributed by atoms with E-state index in [1.807, 2.05) is 6.92 Å². The van der Waals surface area contributed by atoms with E-state index in [9.17, 15) is 0 Å². The Labute approximate surface area is 114 Å². The Morgan fingerprint density at radius 1 is 1.44 bits per heavy atom. The van der Waals surface area contributed by atoms with E-state index in [0.29, 0.717) is 6.04 Å². The van der Waals surface area contributed by atoms with Gasteiger partial charge in [0, 0.05) is 31.1 Å². The molecule has 1 atom stereocenters. The number of aromatic nitrogens is 1. The number of thiazole rings is 1. The normalized spacial score (nSPS) is 12.7. The number of anilines is 1. The fraction of sp³-hybridized carbons (Fsp3) is 0.769. The van der Waals surface area contributed by atoms with Crippen molar-refractivity contribution in [3.63, 3.8) is 0 Å². The van der Waals surface area contributed by atoms with Crippen molar-refractivity contribution < 1.29 is 4.74 Å². The maximum absolute atomic E-state index is 5.40. The molecule has 104 valence electrons. The molecular weight excluding hydrogens is 246 g/mol. The van der Waals surface area contributed by atoms with Crippen LogP contribution in [0.15, 0.2) is 5.38 Å². The average molecular weight is 271 g/mol. The maximum atomic E-state index is 5.40. The van der Waals surface area contributed by atoms with Gasteiger partial charge in [0.05, 0.1) is 12.3 Å². The highest BCUT2D eigenvalue weighted by molar-refractivity contribution is 7.13. The molecule has 4 nitrogen and oxygen atoms in total. The van der Waals surface area contributed by atoms with Crippen LogP contribution in [-0.4, -0.2) is 37.8 Å². The Bertz CT molecular complexity index is 330. The molecule has 1 unspecified atom stereocenters. The van der Waals surface area contributed by atoms with Crippen LogP contribution in [0.25, 0.3) is 0 Å². The zero-order valence-corrected chi connectivity index (χ0v) is 12.7. The van der Waals surface area contributed by atoms with Gasteiger partial charge in [-0.3, -0.25) is 0 Å². The number of hydrogen-bond acceptors (Lipinski definition) is 5. The van der Waals surface area contributed by atoms with Crippen LogP contribution in [0, 0.1) is 0 Å². The minimum Gasteiger partial charge on any atom is -0.380 e. The van der Waals surface area contributed by atoms with Crippen molar-refractivity contribution in [2.24, 2.45) is 0 Å². The third-order valence-electron chi connectivity index (χ3n) is 2.83. The van der Waals surface area contributed by atoms with Gasteiger partial charge in [-0.1, -0.05) is 6.92 Å². The molecule has 0 saturated heterocycles. The lowest BCUT2D eigenvalue weighted by Gasteiger charge is -2.19. The summed E-state index contributed by atoms with van der Waals surface area (Å²) in [6.45, 7) is 12.8. The van der Waals surface area contributed by atoms with Crippen molar-refractivity contribution in [1.29, 1.82) is 0 Å². The average Bonchev–Trinajstić information content (AvgIpc) is 2.84. The van der Waals surface area contributed by atoms with Crippen LogP contribution in [0.4, 0.5) is 5.13 Å². The summed E-state index contributed by atoms with van der Waals surface area (Å²) in [5.74, 6) is 0. The number of likely N-dealkylation sites (N-methyl/N-ethyl adjacent to an activating group) is 1. The molecule has 18 heavy (non-hydrogen) atoms. The van der Waals surface area contributed by atoms with Gasteiger partial charge in [-0.25, -0.2) is 4.98 Å². The molecule has 0 amide bonds. The van der Waals surface area contributed by atoms with Crippen LogP contribution in [0.3, 0.4) is 0 Å². The summed E-state index contributed by atoms with van der Waals surface area (Å²) in [4.78, 5) is 6.97. The van der Waals surface area contributed by atoms with E-state index in [-0.39, 0.29) is 0 Å². The third-order valence-corrected chi connectivity index (χ3v) is 3.75. The van der Waals surface area contributed by atoms with E-state index in [1.54, 1.807) is 11.3 Å². The van der Waals surface area contributed by atoms with Crippen molar-refractivity contribution >= 4 is 16.5 Å². The van der Waals surface area contributed by atoms with Gasteiger partial charge in [0.15, 0.2) is 5.13 Å².